The van der Waals surface area contributed by atoms with Gasteiger partial charge in [-0.25, -0.2) is 0 Å². The SMILES string of the molecule is Cc1nnc(-n2nnc(CO)c2-c2cccs2)s1. The number of aryl methyl sites for hydroxylation is 1. The molecule has 3 rings (SSSR count). The fraction of sp³-hybridized carbons (Fsp3) is 0.200. The van der Waals surface area contributed by atoms with E-state index in [0.29, 0.717) is 10.8 Å². The normalized spacial score (nSPS) is 11.0. The number of aliphatic hydroxyl groups is 1. The van der Waals surface area contributed by atoms with Crippen LogP contribution in [0.1, 0.15) is 10.7 Å². The molecule has 8 heteroatoms. The van der Waals surface area contributed by atoms with Gasteiger partial charge in [-0.2, -0.15) is 4.68 Å². The van der Waals surface area contributed by atoms with E-state index < -0.39 is 0 Å². The van der Waals surface area contributed by atoms with Crippen LogP contribution in [-0.4, -0.2) is 30.3 Å². The third-order valence-electron chi connectivity index (χ3n) is 2.34. The van der Waals surface area contributed by atoms with Gasteiger partial charge in [0, 0.05) is 0 Å². The van der Waals surface area contributed by atoms with Gasteiger partial charge in [-0.3, -0.25) is 0 Å². The molecular weight excluding hydrogens is 270 g/mol. The van der Waals surface area contributed by atoms with E-state index in [1.54, 1.807) is 16.0 Å². The Hall–Kier alpha value is -1.64. The fourth-order valence-corrected chi connectivity index (χ4v) is 3.00. The van der Waals surface area contributed by atoms with Crippen LogP contribution in [0.4, 0.5) is 0 Å². The van der Waals surface area contributed by atoms with Crippen molar-refractivity contribution in [1.82, 2.24) is 25.2 Å². The Balaban J connectivity index is 2.19. The first-order valence-electron chi connectivity index (χ1n) is 5.19. The minimum atomic E-state index is -0.148. The van der Waals surface area contributed by atoms with Crippen LogP contribution in [0.25, 0.3) is 15.7 Å². The summed E-state index contributed by atoms with van der Waals surface area (Å²) in [5, 5.41) is 28.9. The molecule has 3 heterocycles. The lowest BCUT2D eigenvalue weighted by molar-refractivity contribution is 0.277. The lowest BCUT2D eigenvalue weighted by atomic mass is 10.3. The molecule has 0 unspecified atom stereocenters. The van der Waals surface area contributed by atoms with Gasteiger partial charge in [0.2, 0.25) is 5.13 Å². The third-order valence-corrected chi connectivity index (χ3v) is 4.03. The highest BCUT2D eigenvalue weighted by Crippen LogP contribution is 2.29. The summed E-state index contributed by atoms with van der Waals surface area (Å²) in [6.45, 7) is 1.74. The van der Waals surface area contributed by atoms with Crippen LogP contribution in [0.2, 0.25) is 0 Å². The van der Waals surface area contributed by atoms with Crippen LogP contribution in [0.15, 0.2) is 17.5 Å². The average molecular weight is 279 g/mol. The van der Waals surface area contributed by atoms with Crippen LogP contribution >= 0.6 is 22.7 Å². The van der Waals surface area contributed by atoms with Crippen molar-refractivity contribution in [2.75, 3.05) is 0 Å². The second-order valence-corrected chi connectivity index (χ2v) is 5.64. The first-order chi connectivity index (χ1) is 8.79. The van der Waals surface area contributed by atoms with Gasteiger partial charge in [-0.1, -0.05) is 22.6 Å². The Kier molecular flexibility index (Phi) is 2.90. The molecule has 1 N–H and O–H groups in total. The van der Waals surface area contributed by atoms with Crippen molar-refractivity contribution < 1.29 is 5.11 Å². The lowest BCUT2D eigenvalue weighted by Crippen LogP contribution is -1.98. The highest BCUT2D eigenvalue weighted by Gasteiger charge is 2.18. The smallest absolute Gasteiger partial charge is 0.234 e. The summed E-state index contributed by atoms with van der Waals surface area (Å²) in [4.78, 5) is 0.997. The molecule has 0 aliphatic carbocycles. The van der Waals surface area contributed by atoms with Crippen molar-refractivity contribution in [2.45, 2.75) is 13.5 Å². The van der Waals surface area contributed by atoms with Gasteiger partial charge in [0.1, 0.15) is 16.4 Å². The van der Waals surface area contributed by atoms with E-state index in [2.05, 4.69) is 20.5 Å². The van der Waals surface area contributed by atoms with Crippen LogP contribution in [0, 0.1) is 6.92 Å². The van der Waals surface area contributed by atoms with Gasteiger partial charge in [0.05, 0.1) is 11.5 Å². The van der Waals surface area contributed by atoms with Gasteiger partial charge < -0.3 is 5.11 Å². The van der Waals surface area contributed by atoms with E-state index in [0.717, 1.165) is 15.6 Å². The van der Waals surface area contributed by atoms with Crippen molar-refractivity contribution >= 4 is 22.7 Å². The van der Waals surface area contributed by atoms with Crippen molar-refractivity contribution in [3.05, 3.63) is 28.2 Å². The molecule has 0 spiro atoms. The first kappa shape index (κ1) is 11.5. The van der Waals surface area contributed by atoms with Crippen LogP contribution < -0.4 is 0 Å². The number of hydrogen-bond acceptors (Lipinski definition) is 7. The summed E-state index contributed by atoms with van der Waals surface area (Å²) >= 11 is 3.01. The molecule has 18 heavy (non-hydrogen) atoms. The number of rotatable bonds is 3. The predicted octanol–water partition coefficient (Wildman–Crippen LogP) is 1.65. The molecule has 0 fully saturated rings. The maximum atomic E-state index is 9.34. The number of thiophene rings is 1. The van der Waals surface area contributed by atoms with Crippen LogP contribution in [-0.2, 0) is 6.61 Å². The van der Waals surface area contributed by atoms with Crippen molar-refractivity contribution in [1.29, 1.82) is 0 Å². The van der Waals surface area contributed by atoms with Gasteiger partial charge >= 0.3 is 0 Å². The number of aromatic nitrogens is 5. The van der Waals surface area contributed by atoms with Crippen molar-refractivity contribution in [2.24, 2.45) is 0 Å². The average Bonchev–Trinajstić information content (AvgIpc) is 3.07. The molecule has 0 aliphatic heterocycles. The highest BCUT2D eigenvalue weighted by atomic mass is 32.1. The van der Waals surface area contributed by atoms with E-state index in [1.165, 1.54) is 11.3 Å². The molecule has 3 aromatic heterocycles. The molecule has 3 aromatic rings. The molecule has 0 amide bonds. The Bertz CT molecular complexity index is 658. The zero-order valence-corrected chi connectivity index (χ0v) is 11.1. The summed E-state index contributed by atoms with van der Waals surface area (Å²) in [6.07, 6.45) is 0. The van der Waals surface area contributed by atoms with E-state index in [9.17, 15) is 5.11 Å². The van der Waals surface area contributed by atoms with Crippen molar-refractivity contribution in [3.8, 4) is 15.7 Å². The van der Waals surface area contributed by atoms with Gasteiger partial charge in [0.15, 0.2) is 0 Å². The molecule has 0 saturated heterocycles. The second-order valence-electron chi connectivity index (χ2n) is 3.54. The minimum Gasteiger partial charge on any atom is -0.390 e. The maximum Gasteiger partial charge on any atom is 0.234 e. The Morgan fingerprint density at radius 1 is 1.33 bits per heavy atom. The van der Waals surface area contributed by atoms with Gasteiger partial charge in [0.25, 0.3) is 0 Å². The summed E-state index contributed by atoms with van der Waals surface area (Å²) in [7, 11) is 0. The summed E-state index contributed by atoms with van der Waals surface area (Å²) in [6, 6.07) is 3.91. The van der Waals surface area contributed by atoms with Gasteiger partial charge in [-0.15, -0.1) is 26.6 Å². The minimum absolute atomic E-state index is 0.148. The molecule has 6 nitrogen and oxygen atoms in total. The number of aliphatic hydroxyl groups excluding tert-OH is 1. The topological polar surface area (TPSA) is 76.7 Å². The maximum absolute atomic E-state index is 9.34. The molecule has 0 aliphatic rings. The van der Waals surface area contributed by atoms with E-state index in [1.807, 2.05) is 24.4 Å². The number of hydrogen-bond donors (Lipinski definition) is 1. The van der Waals surface area contributed by atoms with Crippen molar-refractivity contribution in [3.63, 3.8) is 0 Å². The standard InChI is InChI=1S/C10H9N5OS2/c1-6-11-13-10(18-6)15-9(7(5-16)12-14-15)8-3-2-4-17-8/h2-4,16H,5H2,1H3. The summed E-state index contributed by atoms with van der Waals surface area (Å²) in [5.41, 5.74) is 1.33. The molecule has 0 radical (unpaired) electrons. The zero-order valence-electron chi connectivity index (χ0n) is 9.44. The summed E-state index contributed by atoms with van der Waals surface area (Å²) in [5.74, 6) is 0. The summed E-state index contributed by atoms with van der Waals surface area (Å²) < 4.78 is 1.63. The fourth-order valence-electron chi connectivity index (χ4n) is 1.59. The molecule has 0 atom stereocenters. The van der Waals surface area contributed by atoms with Crippen LogP contribution in [0.5, 0.6) is 0 Å². The molecule has 0 saturated carbocycles. The quantitative estimate of drug-likeness (QED) is 0.789. The van der Waals surface area contributed by atoms with E-state index in [4.69, 9.17) is 0 Å². The Morgan fingerprint density at radius 3 is 2.83 bits per heavy atom. The molecular formula is C10H9N5OS2. The zero-order chi connectivity index (χ0) is 12.5. The molecule has 0 aromatic carbocycles. The van der Waals surface area contributed by atoms with Gasteiger partial charge in [-0.05, 0) is 18.4 Å². The largest absolute Gasteiger partial charge is 0.390 e. The number of nitrogens with zero attached hydrogens (tertiary/aromatic N) is 5. The van der Waals surface area contributed by atoms with E-state index >= 15 is 0 Å². The lowest BCUT2D eigenvalue weighted by Gasteiger charge is -2.00. The molecule has 92 valence electrons. The second kappa shape index (κ2) is 4.56. The first-order valence-corrected chi connectivity index (χ1v) is 6.89. The Morgan fingerprint density at radius 2 is 2.22 bits per heavy atom. The monoisotopic (exact) mass is 279 g/mol. The van der Waals surface area contributed by atoms with E-state index in [-0.39, 0.29) is 6.61 Å². The molecule has 0 bridgehead atoms. The predicted molar refractivity (Wildman–Crippen MR) is 68.8 cm³/mol. The third kappa shape index (κ3) is 1.84. The highest BCUT2D eigenvalue weighted by molar-refractivity contribution is 7.14. The van der Waals surface area contributed by atoms with Crippen LogP contribution in [0.3, 0.4) is 0 Å². The Labute approximate surface area is 111 Å².